The lowest BCUT2D eigenvalue weighted by atomic mass is 9.96. The number of amides is 1. The van der Waals surface area contributed by atoms with Crippen molar-refractivity contribution in [2.24, 2.45) is 5.92 Å². The number of aromatic nitrogens is 1. The Labute approximate surface area is 165 Å². The number of nitrogens with zero attached hydrogens (tertiary/aromatic N) is 2. The van der Waals surface area contributed by atoms with Gasteiger partial charge in [0.2, 0.25) is 5.91 Å². The van der Waals surface area contributed by atoms with E-state index in [0.29, 0.717) is 6.54 Å². The van der Waals surface area contributed by atoms with E-state index in [2.05, 4.69) is 32.2 Å². The Kier molecular flexibility index (Phi) is 5.22. The van der Waals surface area contributed by atoms with Gasteiger partial charge in [0.15, 0.2) is 5.13 Å². The van der Waals surface area contributed by atoms with Crippen molar-refractivity contribution in [2.75, 3.05) is 18.0 Å². The van der Waals surface area contributed by atoms with Crippen molar-refractivity contribution < 1.29 is 4.79 Å². The van der Waals surface area contributed by atoms with Gasteiger partial charge in [0.05, 0.1) is 10.2 Å². The highest BCUT2D eigenvalue weighted by Crippen LogP contribution is 2.33. The highest BCUT2D eigenvalue weighted by atomic mass is 79.9. The summed E-state index contributed by atoms with van der Waals surface area (Å²) < 4.78 is 2.27. The van der Waals surface area contributed by atoms with Gasteiger partial charge < -0.3 is 10.2 Å². The number of halogens is 1. The summed E-state index contributed by atoms with van der Waals surface area (Å²) in [5.41, 5.74) is 2.18. The van der Waals surface area contributed by atoms with Crippen LogP contribution in [0.25, 0.3) is 10.2 Å². The second kappa shape index (κ2) is 7.76. The number of hydrogen-bond acceptors (Lipinski definition) is 4. The molecule has 0 radical (unpaired) electrons. The lowest BCUT2D eigenvalue weighted by Crippen LogP contribution is -2.40. The molecule has 2 heterocycles. The average Bonchev–Trinajstić information content (AvgIpc) is 3.10. The van der Waals surface area contributed by atoms with Gasteiger partial charge in [-0.3, -0.25) is 4.79 Å². The minimum atomic E-state index is 0.0958. The SMILES string of the molecule is O=C(NCc1ccccc1)C1CCN(c2nc3ccc(Br)cc3s2)CC1. The monoisotopic (exact) mass is 429 g/mol. The maximum Gasteiger partial charge on any atom is 0.223 e. The second-order valence-electron chi connectivity index (χ2n) is 6.57. The molecule has 6 heteroatoms. The Hall–Kier alpha value is -1.92. The van der Waals surface area contributed by atoms with E-state index in [0.717, 1.165) is 46.6 Å². The Bertz CT molecular complexity index is 904. The molecule has 134 valence electrons. The Morgan fingerprint density at radius 2 is 1.96 bits per heavy atom. The number of fused-ring (bicyclic) bond motifs is 1. The predicted octanol–water partition coefficient (Wildman–Crippen LogP) is 4.59. The van der Waals surface area contributed by atoms with Crippen LogP contribution in [0.15, 0.2) is 53.0 Å². The van der Waals surface area contributed by atoms with Gasteiger partial charge in [-0.2, -0.15) is 0 Å². The minimum absolute atomic E-state index is 0.0958. The lowest BCUT2D eigenvalue weighted by molar-refractivity contribution is -0.125. The quantitative estimate of drug-likeness (QED) is 0.659. The van der Waals surface area contributed by atoms with Crippen molar-refractivity contribution >= 4 is 48.5 Å². The molecule has 1 amide bonds. The van der Waals surface area contributed by atoms with E-state index >= 15 is 0 Å². The number of benzene rings is 2. The van der Waals surface area contributed by atoms with Crippen LogP contribution in [0.4, 0.5) is 5.13 Å². The molecule has 1 aliphatic heterocycles. The third kappa shape index (κ3) is 3.91. The van der Waals surface area contributed by atoms with E-state index in [9.17, 15) is 4.79 Å². The lowest BCUT2D eigenvalue weighted by Gasteiger charge is -2.31. The van der Waals surface area contributed by atoms with Gasteiger partial charge >= 0.3 is 0 Å². The maximum atomic E-state index is 12.4. The first-order chi connectivity index (χ1) is 12.7. The molecule has 0 bridgehead atoms. The fraction of sp³-hybridized carbons (Fsp3) is 0.300. The summed E-state index contributed by atoms with van der Waals surface area (Å²) in [5, 5.41) is 4.13. The number of nitrogens with one attached hydrogen (secondary N) is 1. The summed E-state index contributed by atoms with van der Waals surface area (Å²) in [5.74, 6) is 0.264. The van der Waals surface area contributed by atoms with Crippen LogP contribution in [0.5, 0.6) is 0 Å². The average molecular weight is 430 g/mol. The Morgan fingerprint density at radius 3 is 2.73 bits per heavy atom. The van der Waals surface area contributed by atoms with E-state index in [1.807, 2.05) is 42.5 Å². The van der Waals surface area contributed by atoms with Crippen LogP contribution < -0.4 is 10.2 Å². The molecule has 1 fully saturated rings. The first kappa shape index (κ1) is 17.5. The topological polar surface area (TPSA) is 45.2 Å². The summed E-state index contributed by atoms with van der Waals surface area (Å²) >= 11 is 5.23. The molecule has 0 spiro atoms. The third-order valence-corrected chi connectivity index (χ3v) is 6.36. The van der Waals surface area contributed by atoms with Gasteiger partial charge in [0.1, 0.15) is 0 Å². The van der Waals surface area contributed by atoms with Gasteiger partial charge in [-0.05, 0) is 36.6 Å². The van der Waals surface area contributed by atoms with Gasteiger partial charge in [0.25, 0.3) is 0 Å². The van der Waals surface area contributed by atoms with Crippen LogP contribution in [0.1, 0.15) is 18.4 Å². The first-order valence-corrected chi connectivity index (χ1v) is 10.4. The number of hydrogen-bond donors (Lipinski definition) is 1. The van der Waals surface area contributed by atoms with Crippen molar-refractivity contribution in [3.63, 3.8) is 0 Å². The molecule has 4 nitrogen and oxygen atoms in total. The van der Waals surface area contributed by atoms with Crippen LogP contribution in [0, 0.1) is 5.92 Å². The molecule has 4 rings (SSSR count). The third-order valence-electron chi connectivity index (χ3n) is 4.79. The summed E-state index contributed by atoms with van der Waals surface area (Å²) in [6, 6.07) is 16.2. The first-order valence-electron chi connectivity index (χ1n) is 8.82. The highest BCUT2D eigenvalue weighted by molar-refractivity contribution is 9.10. The van der Waals surface area contributed by atoms with Crippen LogP contribution in [0.2, 0.25) is 0 Å². The van der Waals surface area contributed by atoms with Crippen molar-refractivity contribution in [1.29, 1.82) is 0 Å². The van der Waals surface area contributed by atoms with E-state index in [-0.39, 0.29) is 11.8 Å². The molecule has 1 aliphatic rings. The zero-order valence-electron chi connectivity index (χ0n) is 14.3. The summed E-state index contributed by atoms with van der Waals surface area (Å²) in [4.78, 5) is 19.5. The van der Waals surface area contributed by atoms with Crippen LogP contribution >= 0.6 is 27.3 Å². The zero-order valence-corrected chi connectivity index (χ0v) is 16.7. The van der Waals surface area contributed by atoms with Crippen molar-refractivity contribution in [3.05, 3.63) is 58.6 Å². The summed E-state index contributed by atoms with van der Waals surface area (Å²) in [6.45, 7) is 2.36. The molecule has 0 atom stereocenters. The van der Waals surface area contributed by atoms with E-state index in [1.54, 1.807) is 11.3 Å². The second-order valence-corrected chi connectivity index (χ2v) is 8.50. The van der Waals surface area contributed by atoms with E-state index < -0.39 is 0 Å². The Balaban J connectivity index is 1.33. The number of piperidine rings is 1. The molecular weight excluding hydrogens is 410 g/mol. The molecule has 1 saturated heterocycles. The van der Waals surface area contributed by atoms with Crippen molar-refractivity contribution in [1.82, 2.24) is 10.3 Å². The molecule has 0 saturated carbocycles. The van der Waals surface area contributed by atoms with Crippen molar-refractivity contribution in [2.45, 2.75) is 19.4 Å². The van der Waals surface area contributed by atoms with Crippen LogP contribution in [0.3, 0.4) is 0 Å². The summed E-state index contributed by atoms with van der Waals surface area (Å²) in [6.07, 6.45) is 1.75. The smallest absolute Gasteiger partial charge is 0.223 e. The molecule has 0 unspecified atom stereocenters. The number of thiazole rings is 1. The fourth-order valence-electron chi connectivity index (χ4n) is 3.28. The largest absolute Gasteiger partial charge is 0.352 e. The molecule has 2 aromatic carbocycles. The molecule has 0 aliphatic carbocycles. The fourth-order valence-corrected chi connectivity index (χ4v) is 4.85. The molecular formula is C20H20BrN3OS. The molecule has 1 N–H and O–H groups in total. The number of rotatable bonds is 4. The highest BCUT2D eigenvalue weighted by Gasteiger charge is 2.26. The Morgan fingerprint density at radius 1 is 1.19 bits per heavy atom. The van der Waals surface area contributed by atoms with Gasteiger partial charge in [-0.25, -0.2) is 4.98 Å². The molecule has 26 heavy (non-hydrogen) atoms. The van der Waals surface area contributed by atoms with Gasteiger partial charge in [0, 0.05) is 30.0 Å². The van der Waals surface area contributed by atoms with Crippen LogP contribution in [-0.4, -0.2) is 24.0 Å². The predicted molar refractivity (Wildman–Crippen MR) is 111 cm³/mol. The van der Waals surface area contributed by atoms with E-state index in [4.69, 9.17) is 4.98 Å². The van der Waals surface area contributed by atoms with Gasteiger partial charge in [-0.15, -0.1) is 0 Å². The standard InChI is InChI=1S/C20H20BrN3OS/c21-16-6-7-17-18(12-16)26-20(23-17)24-10-8-15(9-11-24)19(25)22-13-14-4-2-1-3-5-14/h1-7,12,15H,8-11,13H2,(H,22,25). The number of anilines is 1. The number of carbonyl (C=O) groups is 1. The number of carbonyl (C=O) groups excluding carboxylic acids is 1. The van der Waals surface area contributed by atoms with Crippen molar-refractivity contribution in [3.8, 4) is 0 Å². The van der Waals surface area contributed by atoms with Gasteiger partial charge in [-0.1, -0.05) is 57.6 Å². The molecule has 3 aromatic rings. The normalized spacial score (nSPS) is 15.3. The van der Waals surface area contributed by atoms with E-state index in [1.165, 1.54) is 4.70 Å². The minimum Gasteiger partial charge on any atom is -0.352 e. The maximum absolute atomic E-state index is 12.4. The van der Waals surface area contributed by atoms with Crippen LogP contribution in [-0.2, 0) is 11.3 Å². The summed E-state index contributed by atoms with van der Waals surface area (Å²) in [7, 11) is 0. The zero-order chi connectivity index (χ0) is 17.9. The molecule has 1 aromatic heterocycles.